The maximum atomic E-state index is 13.7. The molecular weight excluding hydrogens is 584 g/mol. The molecule has 2 N–H and O–H groups in total. The van der Waals surface area contributed by atoms with Crippen molar-refractivity contribution in [3.05, 3.63) is 53.2 Å². The van der Waals surface area contributed by atoms with Crippen molar-refractivity contribution in [1.82, 2.24) is 14.5 Å². The fourth-order valence-electron chi connectivity index (χ4n) is 5.35. The molecule has 1 heterocycles. The number of hydrogen-bond acceptors (Lipinski definition) is 5. The van der Waals surface area contributed by atoms with E-state index in [-0.39, 0.29) is 21.4 Å². The van der Waals surface area contributed by atoms with Crippen LogP contribution < -0.4 is 10.0 Å². The van der Waals surface area contributed by atoms with Crippen LogP contribution in [-0.4, -0.2) is 36.4 Å². The first-order valence-corrected chi connectivity index (χ1v) is 17.5. The van der Waals surface area contributed by atoms with E-state index in [9.17, 15) is 18.0 Å². The van der Waals surface area contributed by atoms with Gasteiger partial charge in [-0.05, 0) is 56.5 Å². The van der Waals surface area contributed by atoms with Crippen molar-refractivity contribution in [3.8, 4) is 0 Å². The number of anilines is 1. The molecule has 1 fully saturated rings. The number of benzene rings is 2. The van der Waals surface area contributed by atoms with Crippen molar-refractivity contribution in [2.24, 2.45) is 5.41 Å². The Kier molecular flexibility index (Phi) is 11.4. The van der Waals surface area contributed by atoms with Gasteiger partial charge >= 0.3 is 0 Å². The number of unbranched alkanes of at least 4 members (excludes halogenated alkanes) is 9. The van der Waals surface area contributed by atoms with Gasteiger partial charge in [0.2, 0.25) is 10.0 Å². The summed E-state index contributed by atoms with van der Waals surface area (Å²) in [5, 5.41) is 8.15. The number of fused-ring (bicyclic) bond motifs is 1. The SMILES string of the molecule is CCCCCCCCCCCCNS(=O)(=O)c1ccc(Cl)c(NC(=O)C(C(=O)C2(C)CC2)n2ncc3cc(C)ccc32)c1. The average Bonchev–Trinajstić information content (AvgIpc) is 3.60. The summed E-state index contributed by atoms with van der Waals surface area (Å²) < 4.78 is 30.2. The molecule has 1 atom stereocenters. The summed E-state index contributed by atoms with van der Waals surface area (Å²) in [7, 11) is -3.82. The highest BCUT2D eigenvalue weighted by atomic mass is 35.5. The van der Waals surface area contributed by atoms with Crippen LogP contribution in [0.15, 0.2) is 47.5 Å². The molecule has 1 unspecified atom stereocenters. The minimum Gasteiger partial charge on any atom is -0.322 e. The Morgan fingerprint density at radius 3 is 2.28 bits per heavy atom. The topological polar surface area (TPSA) is 110 Å². The fraction of sp³-hybridized carbons (Fsp3) is 0.545. The van der Waals surface area contributed by atoms with Gasteiger partial charge in [-0.15, -0.1) is 0 Å². The van der Waals surface area contributed by atoms with Crippen LogP contribution in [0.4, 0.5) is 5.69 Å². The van der Waals surface area contributed by atoms with Gasteiger partial charge in [0.1, 0.15) is 0 Å². The second-order valence-electron chi connectivity index (χ2n) is 12.2. The Morgan fingerprint density at radius 1 is 0.977 bits per heavy atom. The van der Waals surface area contributed by atoms with E-state index in [1.165, 1.54) is 67.8 Å². The maximum Gasteiger partial charge on any atom is 0.257 e. The number of hydrogen-bond donors (Lipinski definition) is 2. The van der Waals surface area contributed by atoms with Crippen LogP contribution in [0.25, 0.3) is 10.9 Å². The van der Waals surface area contributed by atoms with Gasteiger partial charge in [-0.2, -0.15) is 5.10 Å². The van der Waals surface area contributed by atoms with Gasteiger partial charge in [0.25, 0.3) is 5.91 Å². The molecule has 234 valence electrons. The minimum atomic E-state index is -3.82. The van der Waals surface area contributed by atoms with Crippen LogP contribution in [0, 0.1) is 12.3 Å². The molecule has 0 aliphatic heterocycles. The van der Waals surface area contributed by atoms with Crippen LogP contribution in [0.3, 0.4) is 0 Å². The molecule has 4 rings (SSSR count). The van der Waals surface area contributed by atoms with Crippen LogP contribution >= 0.6 is 11.6 Å². The number of ketones is 1. The van der Waals surface area contributed by atoms with E-state index < -0.39 is 27.4 Å². The van der Waals surface area contributed by atoms with Crippen LogP contribution in [0.2, 0.25) is 5.02 Å². The number of rotatable bonds is 18. The molecule has 0 radical (unpaired) electrons. The number of Topliss-reactive ketones (excluding diaryl/α,β-unsaturated/α-hetero) is 1. The summed E-state index contributed by atoms with van der Waals surface area (Å²) >= 11 is 6.40. The highest BCUT2D eigenvalue weighted by molar-refractivity contribution is 7.89. The van der Waals surface area contributed by atoms with Crippen molar-refractivity contribution in [2.45, 2.75) is 109 Å². The smallest absolute Gasteiger partial charge is 0.257 e. The molecule has 43 heavy (non-hydrogen) atoms. The fourth-order valence-corrected chi connectivity index (χ4v) is 6.62. The lowest BCUT2D eigenvalue weighted by molar-refractivity contribution is -0.133. The molecule has 8 nitrogen and oxygen atoms in total. The van der Waals surface area contributed by atoms with Gasteiger partial charge in [0.15, 0.2) is 11.8 Å². The highest BCUT2D eigenvalue weighted by Crippen LogP contribution is 2.48. The number of nitrogens with zero attached hydrogens (tertiary/aromatic N) is 2. The quantitative estimate of drug-likeness (QED) is 0.111. The van der Waals surface area contributed by atoms with E-state index in [4.69, 9.17) is 11.6 Å². The second-order valence-corrected chi connectivity index (χ2v) is 14.4. The number of sulfonamides is 1. The van der Waals surface area contributed by atoms with Gasteiger partial charge in [-0.25, -0.2) is 17.8 Å². The molecule has 1 saturated carbocycles. The number of aromatic nitrogens is 2. The minimum absolute atomic E-state index is 0.00340. The zero-order valence-electron chi connectivity index (χ0n) is 25.6. The molecule has 0 spiro atoms. The summed E-state index contributed by atoms with van der Waals surface area (Å²) in [5.41, 5.74) is 1.24. The molecule has 2 aromatic carbocycles. The van der Waals surface area contributed by atoms with Gasteiger partial charge in [0, 0.05) is 17.3 Å². The highest BCUT2D eigenvalue weighted by Gasteiger charge is 2.50. The number of aryl methyl sites for hydroxylation is 1. The van der Waals surface area contributed by atoms with Crippen molar-refractivity contribution in [3.63, 3.8) is 0 Å². The van der Waals surface area contributed by atoms with E-state index >= 15 is 0 Å². The van der Waals surface area contributed by atoms with Crippen molar-refractivity contribution >= 4 is 49.9 Å². The number of carbonyl (C=O) groups excluding carboxylic acids is 2. The van der Waals surface area contributed by atoms with E-state index in [2.05, 4.69) is 22.1 Å². The number of carbonyl (C=O) groups is 2. The monoisotopic (exact) mass is 628 g/mol. The largest absolute Gasteiger partial charge is 0.322 e. The lowest BCUT2D eigenvalue weighted by atomic mass is 9.96. The summed E-state index contributed by atoms with van der Waals surface area (Å²) in [5.74, 6) is -0.841. The van der Waals surface area contributed by atoms with Crippen LogP contribution in [0.1, 0.15) is 103 Å². The zero-order chi connectivity index (χ0) is 31.0. The predicted molar refractivity (Wildman–Crippen MR) is 173 cm³/mol. The molecule has 1 aliphatic carbocycles. The third-order valence-corrected chi connectivity index (χ3v) is 10.2. The normalized spacial score (nSPS) is 15.0. The molecule has 1 amide bonds. The number of nitrogens with one attached hydrogen (secondary N) is 2. The van der Waals surface area contributed by atoms with E-state index in [1.807, 2.05) is 32.0 Å². The van der Waals surface area contributed by atoms with Gasteiger partial charge in [-0.1, -0.05) is 94.9 Å². The zero-order valence-corrected chi connectivity index (χ0v) is 27.2. The van der Waals surface area contributed by atoms with Crippen molar-refractivity contribution < 1.29 is 18.0 Å². The third kappa shape index (κ3) is 8.67. The Morgan fingerprint density at radius 2 is 1.63 bits per heavy atom. The van der Waals surface area contributed by atoms with Crippen LogP contribution in [-0.2, 0) is 19.6 Å². The molecule has 0 saturated heterocycles. The first-order chi connectivity index (χ1) is 20.6. The molecule has 3 aromatic rings. The summed E-state index contributed by atoms with van der Waals surface area (Å²) in [4.78, 5) is 27.3. The van der Waals surface area contributed by atoms with E-state index in [0.29, 0.717) is 24.9 Å². The summed E-state index contributed by atoms with van der Waals surface area (Å²) in [6, 6.07) is 8.68. The van der Waals surface area contributed by atoms with E-state index in [1.54, 1.807) is 6.20 Å². The maximum absolute atomic E-state index is 13.7. The predicted octanol–water partition coefficient (Wildman–Crippen LogP) is 7.75. The average molecular weight is 629 g/mol. The molecule has 10 heteroatoms. The van der Waals surface area contributed by atoms with Crippen molar-refractivity contribution in [1.29, 1.82) is 0 Å². The summed E-state index contributed by atoms with van der Waals surface area (Å²) in [6.07, 6.45) is 14.7. The Labute approximate surface area is 261 Å². The Balaban J connectivity index is 1.39. The van der Waals surface area contributed by atoms with Crippen LogP contribution in [0.5, 0.6) is 0 Å². The first kappa shape index (κ1) is 33.1. The molecule has 0 bridgehead atoms. The molecule has 1 aliphatic rings. The van der Waals surface area contributed by atoms with Gasteiger partial charge in [0.05, 0.1) is 27.3 Å². The van der Waals surface area contributed by atoms with Gasteiger partial charge in [-0.3, -0.25) is 9.59 Å². The standard InChI is InChI=1S/C33H45ClN4O4S/c1-4-5-6-7-8-9-10-11-12-13-20-36-43(41,42)26-15-16-27(34)28(22-26)37-32(40)30(31(39)33(3)18-19-33)38-29-17-14-24(2)21-25(29)23-35-38/h14-17,21-23,30,36H,4-13,18-20H2,1-3H3,(H,37,40). The first-order valence-electron chi connectivity index (χ1n) is 15.6. The van der Waals surface area contributed by atoms with E-state index in [0.717, 1.165) is 30.2 Å². The Bertz CT molecular complexity index is 1530. The number of halogens is 1. The molecule has 1 aromatic heterocycles. The number of amides is 1. The van der Waals surface area contributed by atoms with Gasteiger partial charge < -0.3 is 5.32 Å². The lowest BCUT2D eigenvalue weighted by Gasteiger charge is -2.21. The Hall–Kier alpha value is -2.75. The van der Waals surface area contributed by atoms with Crippen molar-refractivity contribution in [2.75, 3.05) is 11.9 Å². The third-order valence-electron chi connectivity index (χ3n) is 8.42. The second kappa shape index (κ2) is 14.8. The lowest BCUT2D eigenvalue weighted by Crippen LogP contribution is -2.36. The summed E-state index contributed by atoms with van der Waals surface area (Å²) in [6.45, 7) is 6.38. The molecular formula is C33H45ClN4O4S.